The van der Waals surface area contributed by atoms with Crippen molar-refractivity contribution in [3.63, 3.8) is 0 Å². The summed E-state index contributed by atoms with van der Waals surface area (Å²) in [5.41, 5.74) is 3.92. The van der Waals surface area contributed by atoms with Gasteiger partial charge in [0.25, 0.3) is 0 Å². The number of aromatic hydroxyl groups is 1. The molecule has 0 spiro atoms. The predicted octanol–water partition coefficient (Wildman–Crippen LogP) is 3.26. The molecule has 2 aromatic rings. The summed E-state index contributed by atoms with van der Waals surface area (Å²) in [6.45, 7) is 10.3. The zero-order chi connectivity index (χ0) is 18.0. The lowest BCUT2D eigenvalue weighted by Crippen LogP contribution is -2.37. The Morgan fingerprint density at radius 3 is 2.76 bits per heavy atom. The number of nitrogens with zero attached hydrogens (tertiary/aromatic N) is 2. The Morgan fingerprint density at radius 1 is 1.28 bits per heavy atom. The molecule has 0 bridgehead atoms. The molecule has 136 valence electrons. The van der Waals surface area contributed by atoms with Crippen LogP contribution >= 0.6 is 0 Å². The molecule has 6 heteroatoms. The van der Waals surface area contributed by atoms with Crippen LogP contribution in [0.1, 0.15) is 44.6 Å². The highest BCUT2D eigenvalue weighted by atomic mass is 16.5. The molecule has 1 aromatic carbocycles. The lowest BCUT2D eigenvalue weighted by atomic mass is 10.0. The molecule has 6 nitrogen and oxygen atoms in total. The van der Waals surface area contributed by atoms with E-state index in [0.29, 0.717) is 0 Å². The molecule has 1 aliphatic heterocycles. The minimum Gasteiger partial charge on any atom is -0.508 e. The van der Waals surface area contributed by atoms with Crippen molar-refractivity contribution in [2.24, 2.45) is 0 Å². The third-order valence-electron chi connectivity index (χ3n) is 4.96. The average molecular weight is 344 g/mol. The van der Waals surface area contributed by atoms with Crippen LogP contribution in [-0.2, 0) is 0 Å². The predicted molar refractivity (Wildman–Crippen MR) is 100 cm³/mol. The van der Waals surface area contributed by atoms with Gasteiger partial charge >= 0.3 is 0 Å². The van der Waals surface area contributed by atoms with Crippen molar-refractivity contribution in [3.05, 3.63) is 35.7 Å². The van der Waals surface area contributed by atoms with Gasteiger partial charge in [0, 0.05) is 22.7 Å². The number of fused-ring (bicyclic) bond motifs is 3. The number of hydrogen-bond donors (Lipinski definition) is 4. The van der Waals surface area contributed by atoms with Crippen LogP contribution in [0.5, 0.6) is 5.75 Å². The molecule has 0 saturated heterocycles. The maximum Gasteiger partial charge on any atom is 0.133 e. The van der Waals surface area contributed by atoms with Gasteiger partial charge in [-0.05, 0) is 63.3 Å². The van der Waals surface area contributed by atoms with E-state index in [1.165, 1.54) is 5.06 Å². The number of nitrogens with one attached hydrogen (secondary N) is 2. The maximum absolute atomic E-state index is 10.4. The number of hydrogen-bond acceptors (Lipinski definition) is 5. The summed E-state index contributed by atoms with van der Waals surface area (Å²) in [4.78, 5) is 5.79. The molecule has 4 N–H and O–H groups in total. The Bertz CT molecular complexity index is 764. The molecule has 2 heterocycles. The Hall–Kier alpha value is -2.02. The van der Waals surface area contributed by atoms with E-state index in [1.54, 1.807) is 18.3 Å². The molecule has 0 saturated carbocycles. The zero-order valence-corrected chi connectivity index (χ0v) is 15.2. The first-order valence-corrected chi connectivity index (χ1v) is 9.01. The van der Waals surface area contributed by atoms with Crippen LogP contribution in [0.2, 0.25) is 0 Å². The minimum atomic E-state index is -0.328. The van der Waals surface area contributed by atoms with E-state index < -0.39 is 0 Å². The van der Waals surface area contributed by atoms with E-state index in [4.69, 9.17) is 0 Å². The molecular weight excluding hydrogens is 316 g/mol. The molecule has 1 atom stereocenters. The average Bonchev–Trinajstić information content (AvgIpc) is 2.96. The van der Waals surface area contributed by atoms with Crippen molar-refractivity contribution >= 4 is 16.5 Å². The molecular formula is C19H28N4O2. The number of phenolic OH excluding ortho intramolecular Hbond substituents is 1. The summed E-state index contributed by atoms with van der Waals surface area (Å²) < 4.78 is 0. The SMILES string of the molecule is CCN(CC)CCCNC1c2c([nH]c3ccc(O)cc23)C(C)=CN1O. The van der Waals surface area contributed by atoms with Gasteiger partial charge < -0.3 is 15.0 Å². The number of aromatic amines is 1. The topological polar surface area (TPSA) is 74.8 Å². The first kappa shape index (κ1) is 17.8. The Morgan fingerprint density at radius 2 is 2.04 bits per heavy atom. The van der Waals surface area contributed by atoms with Gasteiger partial charge in [0.15, 0.2) is 0 Å². The molecule has 0 amide bonds. The number of benzene rings is 1. The Balaban J connectivity index is 1.81. The summed E-state index contributed by atoms with van der Waals surface area (Å²) in [6, 6.07) is 5.30. The molecule has 1 aliphatic rings. The highest BCUT2D eigenvalue weighted by molar-refractivity contribution is 5.91. The van der Waals surface area contributed by atoms with Crippen molar-refractivity contribution in [2.75, 3.05) is 26.2 Å². The first-order chi connectivity index (χ1) is 12.0. The van der Waals surface area contributed by atoms with Crippen LogP contribution in [0, 0.1) is 0 Å². The van der Waals surface area contributed by atoms with Crippen LogP contribution in [0.25, 0.3) is 16.5 Å². The number of allylic oxidation sites excluding steroid dienone is 1. The zero-order valence-electron chi connectivity index (χ0n) is 15.2. The number of H-pyrrole nitrogens is 1. The lowest BCUT2D eigenvalue weighted by molar-refractivity contribution is -0.0923. The number of aromatic nitrogens is 1. The van der Waals surface area contributed by atoms with E-state index >= 15 is 0 Å². The summed E-state index contributed by atoms with van der Waals surface area (Å²) in [5.74, 6) is 0.228. The van der Waals surface area contributed by atoms with Gasteiger partial charge in [-0.1, -0.05) is 13.8 Å². The fourth-order valence-electron chi connectivity index (χ4n) is 3.54. The van der Waals surface area contributed by atoms with E-state index in [-0.39, 0.29) is 11.9 Å². The van der Waals surface area contributed by atoms with Crippen molar-refractivity contribution in [2.45, 2.75) is 33.4 Å². The third kappa shape index (κ3) is 3.51. The monoisotopic (exact) mass is 344 g/mol. The molecule has 0 fully saturated rings. The van der Waals surface area contributed by atoms with Gasteiger partial charge in [-0.25, -0.2) is 5.06 Å². The second kappa shape index (κ2) is 7.47. The van der Waals surface area contributed by atoms with Crippen molar-refractivity contribution in [3.8, 4) is 5.75 Å². The van der Waals surface area contributed by atoms with E-state index in [9.17, 15) is 10.3 Å². The van der Waals surface area contributed by atoms with Crippen molar-refractivity contribution in [1.29, 1.82) is 0 Å². The standard InChI is InChI=1S/C19H28N4O2/c1-4-22(5-2)10-6-9-20-19-17-15-11-14(24)7-8-16(15)21-18(17)13(3)12-23(19)25/h7-8,11-12,19-21,24-25H,4-6,9-10H2,1-3H3. The van der Waals surface area contributed by atoms with E-state index in [1.807, 2.05) is 13.0 Å². The fraction of sp³-hybridized carbons (Fsp3) is 0.474. The fourth-order valence-corrected chi connectivity index (χ4v) is 3.54. The minimum absolute atomic E-state index is 0.228. The summed E-state index contributed by atoms with van der Waals surface area (Å²) in [5, 5.41) is 25.9. The van der Waals surface area contributed by atoms with E-state index in [0.717, 1.165) is 60.3 Å². The van der Waals surface area contributed by atoms with Gasteiger partial charge in [-0.15, -0.1) is 0 Å². The lowest BCUT2D eigenvalue weighted by Gasteiger charge is -2.31. The first-order valence-electron chi connectivity index (χ1n) is 9.01. The number of phenols is 1. The van der Waals surface area contributed by atoms with Gasteiger partial charge in [0.1, 0.15) is 11.9 Å². The smallest absolute Gasteiger partial charge is 0.133 e. The van der Waals surface area contributed by atoms with Crippen LogP contribution < -0.4 is 5.32 Å². The summed E-state index contributed by atoms with van der Waals surface area (Å²) in [7, 11) is 0. The van der Waals surface area contributed by atoms with Gasteiger partial charge in [0.05, 0.1) is 5.69 Å². The third-order valence-corrected chi connectivity index (χ3v) is 4.96. The van der Waals surface area contributed by atoms with Crippen molar-refractivity contribution in [1.82, 2.24) is 20.3 Å². The largest absolute Gasteiger partial charge is 0.508 e. The molecule has 25 heavy (non-hydrogen) atoms. The molecule has 0 aliphatic carbocycles. The normalized spacial score (nSPS) is 17.2. The summed E-state index contributed by atoms with van der Waals surface area (Å²) >= 11 is 0. The molecule has 0 radical (unpaired) electrons. The second-order valence-electron chi connectivity index (χ2n) is 6.57. The maximum atomic E-state index is 10.4. The molecule has 1 unspecified atom stereocenters. The van der Waals surface area contributed by atoms with Gasteiger partial charge in [-0.2, -0.15) is 0 Å². The van der Waals surface area contributed by atoms with E-state index in [2.05, 4.69) is 29.0 Å². The summed E-state index contributed by atoms with van der Waals surface area (Å²) in [6.07, 6.45) is 2.42. The van der Waals surface area contributed by atoms with Gasteiger partial charge in [-0.3, -0.25) is 10.5 Å². The van der Waals surface area contributed by atoms with Crippen LogP contribution in [0.3, 0.4) is 0 Å². The number of hydroxylamine groups is 2. The Kier molecular flexibility index (Phi) is 5.32. The molecule has 1 aromatic heterocycles. The van der Waals surface area contributed by atoms with Gasteiger partial charge in [0.2, 0.25) is 0 Å². The highest BCUT2D eigenvalue weighted by Crippen LogP contribution is 2.38. The van der Waals surface area contributed by atoms with Crippen LogP contribution in [0.15, 0.2) is 24.4 Å². The van der Waals surface area contributed by atoms with Crippen LogP contribution in [0.4, 0.5) is 0 Å². The quantitative estimate of drug-likeness (QED) is 0.580. The van der Waals surface area contributed by atoms with Crippen LogP contribution in [-0.4, -0.2) is 51.4 Å². The highest BCUT2D eigenvalue weighted by Gasteiger charge is 2.28. The number of rotatable bonds is 7. The molecule has 3 rings (SSSR count). The Labute approximate surface area is 148 Å². The second-order valence-corrected chi connectivity index (χ2v) is 6.57. The van der Waals surface area contributed by atoms with Crippen molar-refractivity contribution < 1.29 is 10.3 Å².